The lowest BCUT2D eigenvalue weighted by atomic mass is 10.2. The van der Waals surface area contributed by atoms with Crippen molar-refractivity contribution in [1.29, 1.82) is 0 Å². The van der Waals surface area contributed by atoms with Gasteiger partial charge in [-0.2, -0.15) is 0 Å². The Bertz CT molecular complexity index is 915. The van der Waals surface area contributed by atoms with Crippen molar-refractivity contribution >= 4 is 23.2 Å². The predicted octanol–water partition coefficient (Wildman–Crippen LogP) is 1.52. The summed E-state index contributed by atoms with van der Waals surface area (Å²) in [5, 5.41) is 13.4. The minimum Gasteiger partial charge on any atom is -0.493 e. The van der Waals surface area contributed by atoms with Gasteiger partial charge in [-0.25, -0.2) is 5.01 Å². The lowest BCUT2D eigenvalue weighted by molar-refractivity contribution is -0.884. The molecule has 2 aromatic carbocycles. The van der Waals surface area contributed by atoms with E-state index in [1.165, 1.54) is 36.3 Å². The van der Waals surface area contributed by atoms with Gasteiger partial charge in [0.15, 0.2) is 11.5 Å². The van der Waals surface area contributed by atoms with Crippen molar-refractivity contribution in [3.63, 3.8) is 0 Å². The van der Waals surface area contributed by atoms with Gasteiger partial charge in [0.2, 0.25) is 5.75 Å². The summed E-state index contributed by atoms with van der Waals surface area (Å²) in [6.07, 6.45) is 0. The number of nitrogens with one attached hydrogen (secondary N) is 2. The Morgan fingerprint density at radius 3 is 2.52 bits per heavy atom. The van der Waals surface area contributed by atoms with Crippen LogP contribution >= 0.6 is 11.6 Å². The lowest BCUT2D eigenvalue weighted by Crippen LogP contribution is -3.12. The number of likely N-dealkylation sites (N-methyl/N-ethyl adjacent to an activating group) is 1. The molecule has 0 saturated carbocycles. The molecule has 0 bridgehead atoms. The number of nitro groups is 1. The highest BCUT2D eigenvalue weighted by atomic mass is 35.5. The third kappa shape index (κ3) is 5.14. The third-order valence-corrected chi connectivity index (χ3v) is 4.88. The standard InChI is InChI=1S/C19H21ClN4O5/c1-22-7-9-23(10-8-22)21-19(25)13-3-5-17(18(11-13)28-2)29-16-6-4-14(20)12-15(16)24(26)27/h3-6,11-12H,7-10H2,1-2H3,(H,21,25)/p+1. The summed E-state index contributed by atoms with van der Waals surface area (Å²) >= 11 is 5.83. The topological polar surface area (TPSA) is 98.4 Å². The van der Waals surface area contributed by atoms with Crippen molar-refractivity contribution in [1.82, 2.24) is 10.4 Å². The fraction of sp³-hybridized carbons (Fsp3) is 0.316. The SMILES string of the molecule is COc1cc(C(=O)NN2CC[NH+](C)CC2)ccc1Oc1ccc(Cl)cc1[N+](=O)[O-]. The van der Waals surface area contributed by atoms with Gasteiger partial charge in [0.05, 0.1) is 45.3 Å². The van der Waals surface area contributed by atoms with E-state index in [4.69, 9.17) is 21.1 Å². The number of hydrogen-bond donors (Lipinski definition) is 2. The molecule has 2 N–H and O–H groups in total. The number of hydrazine groups is 1. The first-order valence-corrected chi connectivity index (χ1v) is 9.42. The highest BCUT2D eigenvalue weighted by molar-refractivity contribution is 6.30. The molecule has 154 valence electrons. The van der Waals surface area contributed by atoms with E-state index in [0.717, 1.165) is 26.2 Å². The predicted molar refractivity (Wildman–Crippen MR) is 107 cm³/mol. The molecular formula is C19H22ClN4O5+. The van der Waals surface area contributed by atoms with Crippen molar-refractivity contribution < 1.29 is 24.1 Å². The van der Waals surface area contributed by atoms with Crippen LogP contribution in [-0.2, 0) is 0 Å². The van der Waals surface area contributed by atoms with Crippen molar-refractivity contribution in [2.45, 2.75) is 0 Å². The van der Waals surface area contributed by atoms with Crippen LogP contribution in [0.25, 0.3) is 0 Å². The maximum Gasteiger partial charge on any atom is 0.313 e. The highest BCUT2D eigenvalue weighted by Gasteiger charge is 2.21. The van der Waals surface area contributed by atoms with Gasteiger partial charge in [0, 0.05) is 16.7 Å². The van der Waals surface area contributed by atoms with Gasteiger partial charge in [-0.05, 0) is 30.3 Å². The van der Waals surface area contributed by atoms with Crippen LogP contribution < -0.4 is 19.8 Å². The molecule has 3 rings (SSSR count). The Balaban J connectivity index is 1.77. The molecule has 0 spiro atoms. The zero-order chi connectivity index (χ0) is 21.0. The van der Waals surface area contributed by atoms with Crippen molar-refractivity contribution in [2.24, 2.45) is 0 Å². The Morgan fingerprint density at radius 1 is 1.17 bits per heavy atom. The number of ether oxygens (including phenoxy) is 2. The molecule has 2 aromatic rings. The van der Waals surface area contributed by atoms with Crippen LogP contribution in [0.5, 0.6) is 17.2 Å². The van der Waals surface area contributed by atoms with Gasteiger partial charge in [0.25, 0.3) is 5.91 Å². The number of rotatable bonds is 6. The average Bonchev–Trinajstić information content (AvgIpc) is 2.71. The molecule has 0 aromatic heterocycles. The second-order valence-corrected chi connectivity index (χ2v) is 7.16. The first-order chi connectivity index (χ1) is 13.9. The largest absolute Gasteiger partial charge is 0.493 e. The van der Waals surface area contributed by atoms with Crippen LogP contribution in [0.3, 0.4) is 0 Å². The minimum absolute atomic E-state index is 0.0230. The van der Waals surface area contributed by atoms with Crippen LogP contribution in [-0.4, -0.2) is 56.2 Å². The van der Waals surface area contributed by atoms with Crippen molar-refractivity contribution in [2.75, 3.05) is 40.3 Å². The molecule has 1 fully saturated rings. The maximum absolute atomic E-state index is 12.6. The molecule has 10 heteroatoms. The zero-order valence-corrected chi connectivity index (χ0v) is 16.9. The van der Waals surface area contributed by atoms with E-state index in [1.807, 2.05) is 5.01 Å². The normalized spacial score (nSPS) is 15.0. The van der Waals surface area contributed by atoms with Crippen LogP contribution in [0.1, 0.15) is 10.4 Å². The van der Waals surface area contributed by atoms with Crippen LogP contribution in [0.15, 0.2) is 36.4 Å². The number of hydrogen-bond acceptors (Lipinski definition) is 6. The number of amides is 1. The van der Waals surface area contributed by atoms with Gasteiger partial charge >= 0.3 is 5.69 Å². The van der Waals surface area contributed by atoms with Crippen molar-refractivity contribution in [3.8, 4) is 17.2 Å². The fourth-order valence-corrected chi connectivity index (χ4v) is 3.11. The molecule has 0 unspecified atom stereocenters. The number of benzene rings is 2. The number of quaternary nitrogens is 1. The molecule has 0 atom stereocenters. The first-order valence-electron chi connectivity index (χ1n) is 9.04. The number of piperazine rings is 1. The lowest BCUT2D eigenvalue weighted by Gasteiger charge is -2.30. The molecule has 9 nitrogen and oxygen atoms in total. The van der Waals surface area contributed by atoms with Crippen LogP contribution in [0.2, 0.25) is 5.02 Å². The number of nitro benzene ring substituents is 1. The smallest absolute Gasteiger partial charge is 0.313 e. The summed E-state index contributed by atoms with van der Waals surface area (Å²) in [6, 6.07) is 8.78. The van der Waals surface area contributed by atoms with Crippen molar-refractivity contribution in [3.05, 3.63) is 57.1 Å². The molecule has 0 radical (unpaired) electrons. The first kappa shape index (κ1) is 20.8. The summed E-state index contributed by atoms with van der Waals surface area (Å²) in [5.41, 5.74) is 3.02. The highest BCUT2D eigenvalue weighted by Crippen LogP contribution is 2.37. The summed E-state index contributed by atoms with van der Waals surface area (Å²) in [4.78, 5) is 24.7. The number of halogens is 1. The Hall–Kier alpha value is -2.88. The average molecular weight is 422 g/mol. The van der Waals surface area contributed by atoms with E-state index in [1.54, 1.807) is 12.1 Å². The van der Waals surface area contributed by atoms with E-state index in [-0.39, 0.29) is 33.9 Å². The summed E-state index contributed by atoms with van der Waals surface area (Å²) in [5.74, 6) is 0.295. The van der Waals surface area contributed by atoms with E-state index in [2.05, 4.69) is 12.5 Å². The van der Waals surface area contributed by atoms with E-state index >= 15 is 0 Å². The van der Waals surface area contributed by atoms with Gasteiger partial charge in [-0.3, -0.25) is 20.3 Å². The Kier molecular flexibility index (Phi) is 6.53. The number of methoxy groups -OCH3 is 1. The van der Waals surface area contributed by atoms with Crippen LogP contribution in [0, 0.1) is 10.1 Å². The van der Waals surface area contributed by atoms with Gasteiger partial charge in [-0.1, -0.05) is 11.6 Å². The molecule has 1 amide bonds. The second-order valence-electron chi connectivity index (χ2n) is 6.72. The summed E-state index contributed by atoms with van der Waals surface area (Å²) < 4.78 is 11.0. The number of nitrogens with zero attached hydrogens (tertiary/aromatic N) is 2. The van der Waals surface area contributed by atoms with Gasteiger partial charge in [-0.15, -0.1) is 0 Å². The number of carbonyl (C=O) groups is 1. The van der Waals surface area contributed by atoms with Gasteiger partial charge in [0.1, 0.15) is 0 Å². The fourth-order valence-electron chi connectivity index (χ4n) is 2.94. The number of carbonyl (C=O) groups excluding carboxylic acids is 1. The molecule has 1 aliphatic rings. The minimum atomic E-state index is -0.576. The molecular weight excluding hydrogens is 400 g/mol. The third-order valence-electron chi connectivity index (χ3n) is 4.64. The Labute approximate surface area is 172 Å². The van der Waals surface area contributed by atoms with E-state index < -0.39 is 4.92 Å². The van der Waals surface area contributed by atoms with Crippen LogP contribution in [0.4, 0.5) is 5.69 Å². The van der Waals surface area contributed by atoms with E-state index in [0.29, 0.717) is 5.56 Å². The molecule has 1 saturated heterocycles. The molecule has 1 aliphatic heterocycles. The molecule has 0 aliphatic carbocycles. The molecule has 1 heterocycles. The zero-order valence-electron chi connectivity index (χ0n) is 16.1. The summed E-state index contributed by atoms with van der Waals surface area (Å²) in [7, 11) is 3.55. The molecule has 29 heavy (non-hydrogen) atoms. The second kappa shape index (κ2) is 9.08. The Morgan fingerprint density at radius 2 is 1.86 bits per heavy atom. The monoisotopic (exact) mass is 421 g/mol. The summed E-state index contributed by atoms with van der Waals surface area (Å²) in [6.45, 7) is 3.46. The van der Waals surface area contributed by atoms with E-state index in [9.17, 15) is 14.9 Å². The maximum atomic E-state index is 12.6. The quantitative estimate of drug-likeness (QED) is 0.542. The van der Waals surface area contributed by atoms with Gasteiger partial charge < -0.3 is 14.4 Å².